The van der Waals surface area contributed by atoms with E-state index in [4.69, 9.17) is 4.74 Å². The first-order chi connectivity index (χ1) is 5.81. The average molecular weight is 228 g/mol. The van der Waals surface area contributed by atoms with E-state index >= 15 is 0 Å². The number of rotatable bonds is 1. The number of alkyl halides is 1. The molecule has 0 spiro atoms. The van der Waals surface area contributed by atoms with Crippen LogP contribution < -0.4 is 0 Å². The van der Waals surface area contributed by atoms with E-state index in [1.165, 1.54) is 0 Å². The molecule has 0 aromatic carbocycles. The summed E-state index contributed by atoms with van der Waals surface area (Å²) >= 11 is 3.67. The van der Waals surface area contributed by atoms with E-state index in [-0.39, 0.29) is 4.32 Å². The Morgan fingerprint density at radius 1 is 1.50 bits per heavy atom. The van der Waals surface area contributed by atoms with Crippen LogP contribution in [0.1, 0.15) is 12.1 Å². The van der Waals surface area contributed by atoms with Gasteiger partial charge in [-0.2, -0.15) is 0 Å². The largest absolute Gasteiger partial charge is 0.380 e. The third kappa shape index (κ3) is 1.39. The molecule has 1 saturated heterocycles. The van der Waals surface area contributed by atoms with Crippen molar-refractivity contribution in [3.63, 3.8) is 0 Å². The molecule has 0 amide bonds. The van der Waals surface area contributed by atoms with Crippen LogP contribution in [0, 0.1) is 0 Å². The molecule has 1 aromatic rings. The van der Waals surface area contributed by atoms with Gasteiger partial charge in [0.05, 0.1) is 16.6 Å². The summed E-state index contributed by atoms with van der Waals surface area (Å²) in [6, 6.07) is 5.96. The molecule has 2 nitrogen and oxygen atoms in total. The maximum absolute atomic E-state index is 5.33. The van der Waals surface area contributed by atoms with E-state index < -0.39 is 0 Å². The summed E-state index contributed by atoms with van der Waals surface area (Å²) in [6.07, 6.45) is 2.82. The summed E-state index contributed by atoms with van der Waals surface area (Å²) in [6.45, 7) is 1.55. The molecule has 0 aliphatic carbocycles. The Bertz CT molecular complexity index is 256. The van der Waals surface area contributed by atoms with Crippen LogP contribution in [0.15, 0.2) is 24.4 Å². The maximum Gasteiger partial charge on any atom is 0.0931 e. The Morgan fingerprint density at radius 3 is 3.00 bits per heavy atom. The summed E-state index contributed by atoms with van der Waals surface area (Å²) in [4.78, 5) is 4.31. The van der Waals surface area contributed by atoms with Crippen LogP contribution in [0.25, 0.3) is 0 Å². The fourth-order valence-electron chi connectivity index (χ4n) is 1.37. The summed E-state index contributed by atoms with van der Waals surface area (Å²) in [5.74, 6) is 0. The highest BCUT2D eigenvalue weighted by molar-refractivity contribution is 9.09. The summed E-state index contributed by atoms with van der Waals surface area (Å²) in [5.41, 5.74) is 1.07. The minimum Gasteiger partial charge on any atom is -0.380 e. The van der Waals surface area contributed by atoms with Gasteiger partial charge in [-0.3, -0.25) is 4.98 Å². The molecular formula is C9H10BrNO. The molecule has 1 atom stereocenters. The monoisotopic (exact) mass is 227 g/mol. The molecule has 2 rings (SSSR count). The first kappa shape index (κ1) is 8.20. The fraction of sp³-hybridized carbons (Fsp3) is 0.444. The highest BCUT2D eigenvalue weighted by atomic mass is 79.9. The van der Waals surface area contributed by atoms with Crippen LogP contribution in [-0.2, 0) is 9.06 Å². The molecular weight excluding hydrogens is 218 g/mol. The van der Waals surface area contributed by atoms with E-state index in [9.17, 15) is 0 Å². The van der Waals surface area contributed by atoms with E-state index in [1.54, 1.807) is 0 Å². The summed E-state index contributed by atoms with van der Waals surface area (Å²) in [7, 11) is 0. The van der Waals surface area contributed by atoms with Gasteiger partial charge in [0, 0.05) is 12.8 Å². The topological polar surface area (TPSA) is 22.1 Å². The van der Waals surface area contributed by atoms with Gasteiger partial charge < -0.3 is 4.74 Å². The smallest absolute Gasteiger partial charge is 0.0931 e. The standard InChI is InChI=1S/C9H10BrNO/c10-9(4-6-12-7-9)8-3-1-2-5-11-8/h1-3,5H,4,6-7H2. The van der Waals surface area contributed by atoms with E-state index in [1.807, 2.05) is 24.4 Å². The molecule has 0 saturated carbocycles. The number of hydrogen-bond acceptors (Lipinski definition) is 2. The average Bonchev–Trinajstić information content (AvgIpc) is 2.55. The van der Waals surface area contributed by atoms with Crippen LogP contribution in [0.4, 0.5) is 0 Å². The summed E-state index contributed by atoms with van der Waals surface area (Å²) < 4.78 is 5.29. The molecule has 12 heavy (non-hydrogen) atoms. The van der Waals surface area contributed by atoms with Crippen molar-refractivity contribution in [2.45, 2.75) is 10.7 Å². The Kier molecular flexibility index (Phi) is 2.15. The molecule has 0 radical (unpaired) electrons. The highest BCUT2D eigenvalue weighted by Crippen LogP contribution is 2.37. The first-order valence-electron chi connectivity index (χ1n) is 3.99. The third-order valence-corrected chi connectivity index (χ3v) is 3.13. The lowest BCUT2D eigenvalue weighted by atomic mass is 10.0. The quantitative estimate of drug-likeness (QED) is 0.686. The molecule has 1 unspecified atom stereocenters. The molecule has 2 heterocycles. The Labute approximate surface area is 80.1 Å². The lowest BCUT2D eigenvalue weighted by Crippen LogP contribution is -2.18. The fourth-order valence-corrected chi connectivity index (χ4v) is 1.93. The van der Waals surface area contributed by atoms with Crippen molar-refractivity contribution < 1.29 is 4.74 Å². The van der Waals surface area contributed by atoms with Gasteiger partial charge in [-0.05, 0) is 18.6 Å². The minimum atomic E-state index is -0.0335. The van der Waals surface area contributed by atoms with Crippen molar-refractivity contribution in [3.8, 4) is 0 Å². The zero-order valence-corrected chi connectivity index (χ0v) is 8.25. The van der Waals surface area contributed by atoms with Crippen molar-refractivity contribution in [3.05, 3.63) is 30.1 Å². The lowest BCUT2D eigenvalue weighted by Gasteiger charge is -2.17. The van der Waals surface area contributed by atoms with E-state index in [0.717, 1.165) is 25.3 Å². The van der Waals surface area contributed by atoms with Crippen LogP contribution in [0.2, 0.25) is 0 Å². The Balaban J connectivity index is 2.29. The van der Waals surface area contributed by atoms with Crippen molar-refractivity contribution in [2.24, 2.45) is 0 Å². The normalized spacial score (nSPS) is 29.1. The van der Waals surface area contributed by atoms with Gasteiger partial charge in [0.1, 0.15) is 0 Å². The molecule has 1 aromatic heterocycles. The molecule has 1 fully saturated rings. The zero-order chi connectivity index (χ0) is 8.44. The van der Waals surface area contributed by atoms with Gasteiger partial charge in [-0.1, -0.05) is 22.0 Å². The second-order valence-corrected chi connectivity index (χ2v) is 4.50. The first-order valence-corrected chi connectivity index (χ1v) is 4.79. The molecule has 0 N–H and O–H groups in total. The maximum atomic E-state index is 5.33. The van der Waals surface area contributed by atoms with Crippen LogP contribution in [0.3, 0.4) is 0 Å². The number of nitrogens with zero attached hydrogens (tertiary/aromatic N) is 1. The molecule has 3 heteroatoms. The van der Waals surface area contributed by atoms with Crippen molar-refractivity contribution >= 4 is 15.9 Å². The predicted octanol–water partition coefficient (Wildman–Crippen LogP) is 2.09. The Morgan fingerprint density at radius 2 is 2.42 bits per heavy atom. The van der Waals surface area contributed by atoms with Gasteiger partial charge in [-0.15, -0.1) is 0 Å². The predicted molar refractivity (Wildman–Crippen MR) is 50.3 cm³/mol. The van der Waals surface area contributed by atoms with Crippen molar-refractivity contribution in [1.29, 1.82) is 0 Å². The highest BCUT2D eigenvalue weighted by Gasteiger charge is 2.34. The zero-order valence-electron chi connectivity index (χ0n) is 6.66. The van der Waals surface area contributed by atoms with Crippen LogP contribution >= 0.6 is 15.9 Å². The SMILES string of the molecule is BrC1(c2ccccn2)CCOC1. The number of pyridine rings is 1. The molecule has 1 aliphatic heterocycles. The molecule has 0 bridgehead atoms. The number of aromatic nitrogens is 1. The summed E-state index contributed by atoms with van der Waals surface area (Å²) in [5, 5.41) is 0. The minimum absolute atomic E-state index is 0.0335. The number of ether oxygens (including phenoxy) is 1. The van der Waals surface area contributed by atoms with Gasteiger partial charge in [0.2, 0.25) is 0 Å². The van der Waals surface area contributed by atoms with Crippen LogP contribution in [0.5, 0.6) is 0 Å². The number of hydrogen-bond donors (Lipinski definition) is 0. The molecule has 1 aliphatic rings. The second kappa shape index (κ2) is 3.15. The lowest BCUT2D eigenvalue weighted by molar-refractivity contribution is 0.191. The third-order valence-electron chi connectivity index (χ3n) is 2.10. The van der Waals surface area contributed by atoms with Crippen LogP contribution in [-0.4, -0.2) is 18.2 Å². The van der Waals surface area contributed by atoms with Gasteiger partial charge in [0.25, 0.3) is 0 Å². The Hall–Kier alpha value is -0.410. The van der Waals surface area contributed by atoms with E-state index in [2.05, 4.69) is 20.9 Å². The van der Waals surface area contributed by atoms with E-state index in [0.29, 0.717) is 0 Å². The van der Waals surface area contributed by atoms with Gasteiger partial charge in [0.15, 0.2) is 0 Å². The van der Waals surface area contributed by atoms with Gasteiger partial charge in [-0.25, -0.2) is 0 Å². The van der Waals surface area contributed by atoms with Gasteiger partial charge >= 0.3 is 0 Å². The second-order valence-electron chi connectivity index (χ2n) is 2.98. The van der Waals surface area contributed by atoms with Crippen molar-refractivity contribution in [2.75, 3.05) is 13.2 Å². The number of halogens is 1. The van der Waals surface area contributed by atoms with Crippen molar-refractivity contribution in [1.82, 2.24) is 4.98 Å². The molecule has 64 valence electrons.